The Labute approximate surface area is 336 Å². The van der Waals surface area contributed by atoms with Crippen LogP contribution >= 0.6 is 0 Å². The predicted octanol–water partition coefficient (Wildman–Crippen LogP) is 14.3. The number of anilines is 2. The molecule has 9 aromatic rings. The van der Waals surface area contributed by atoms with E-state index < -0.39 is 0 Å². The van der Waals surface area contributed by atoms with Gasteiger partial charge in [0.1, 0.15) is 22.6 Å². The number of nitrogens with zero attached hydrogens (tertiary/aromatic N) is 3. The molecular formula is C53H39N3O2. The van der Waals surface area contributed by atoms with E-state index in [9.17, 15) is 0 Å². The van der Waals surface area contributed by atoms with Crippen LogP contribution in [0, 0.1) is 0 Å². The second-order valence-corrected chi connectivity index (χ2v) is 15.2. The lowest BCUT2D eigenvalue weighted by molar-refractivity contribution is 0.595. The number of aryl methyl sites for hydroxylation is 2. The third-order valence-electron chi connectivity index (χ3n) is 11.7. The molecule has 0 fully saturated rings. The second-order valence-electron chi connectivity index (χ2n) is 15.2. The highest BCUT2D eigenvalue weighted by molar-refractivity contribution is 6.13. The molecule has 0 bridgehead atoms. The molecule has 2 aliphatic carbocycles. The molecule has 6 aromatic carbocycles. The van der Waals surface area contributed by atoms with Crippen molar-refractivity contribution in [3.63, 3.8) is 0 Å². The Morgan fingerprint density at radius 2 is 1.34 bits per heavy atom. The van der Waals surface area contributed by atoms with Crippen molar-refractivity contribution in [3.05, 3.63) is 180 Å². The number of furan rings is 2. The molecule has 5 heteroatoms. The number of pyridine rings is 1. The average molecular weight is 750 g/mol. The fourth-order valence-corrected chi connectivity index (χ4v) is 8.85. The summed E-state index contributed by atoms with van der Waals surface area (Å²) < 4.78 is 13.0. The van der Waals surface area contributed by atoms with Crippen LogP contribution in [0.1, 0.15) is 41.0 Å². The number of rotatable bonds is 8. The van der Waals surface area contributed by atoms with Crippen molar-refractivity contribution in [1.82, 2.24) is 4.98 Å². The van der Waals surface area contributed by atoms with Crippen LogP contribution in [0.2, 0.25) is 0 Å². The minimum atomic E-state index is 0.690. The summed E-state index contributed by atoms with van der Waals surface area (Å²) >= 11 is 0. The van der Waals surface area contributed by atoms with Gasteiger partial charge in [-0.05, 0) is 127 Å². The number of fused-ring (bicyclic) bond motifs is 8. The van der Waals surface area contributed by atoms with E-state index in [4.69, 9.17) is 13.8 Å². The van der Waals surface area contributed by atoms with Gasteiger partial charge >= 0.3 is 0 Å². The van der Waals surface area contributed by atoms with Crippen LogP contribution < -0.4 is 4.90 Å². The van der Waals surface area contributed by atoms with Crippen LogP contribution in [0.5, 0.6) is 0 Å². The first-order valence-electron chi connectivity index (χ1n) is 20.0. The van der Waals surface area contributed by atoms with Crippen molar-refractivity contribution < 1.29 is 8.83 Å². The van der Waals surface area contributed by atoms with E-state index in [0.717, 1.165) is 115 Å². The summed E-state index contributed by atoms with van der Waals surface area (Å²) in [6.07, 6.45) is 12.6. The summed E-state index contributed by atoms with van der Waals surface area (Å²) in [5.41, 5.74) is 16.7. The van der Waals surface area contributed by atoms with Crippen LogP contribution in [-0.2, 0) is 19.4 Å². The lowest BCUT2D eigenvalue weighted by Crippen LogP contribution is -2.16. The summed E-state index contributed by atoms with van der Waals surface area (Å²) in [4.78, 5) is 12.1. The molecule has 0 atom stereocenters. The zero-order valence-corrected chi connectivity index (χ0v) is 32.0. The highest BCUT2D eigenvalue weighted by atomic mass is 16.3. The van der Waals surface area contributed by atoms with E-state index >= 15 is 0 Å². The molecule has 0 saturated carbocycles. The fourth-order valence-electron chi connectivity index (χ4n) is 8.85. The summed E-state index contributed by atoms with van der Waals surface area (Å²) in [5, 5.41) is 3.43. The van der Waals surface area contributed by atoms with Crippen molar-refractivity contribution in [1.29, 1.82) is 0 Å². The molecule has 2 aliphatic rings. The van der Waals surface area contributed by atoms with E-state index in [1.54, 1.807) is 0 Å². The lowest BCUT2D eigenvalue weighted by atomic mass is 9.91. The van der Waals surface area contributed by atoms with Crippen LogP contribution in [0.4, 0.5) is 17.1 Å². The Balaban J connectivity index is 1.09. The molecule has 0 aliphatic heterocycles. The van der Waals surface area contributed by atoms with E-state index in [1.165, 1.54) is 22.1 Å². The minimum Gasteiger partial charge on any atom is -0.456 e. The van der Waals surface area contributed by atoms with Gasteiger partial charge in [0.25, 0.3) is 0 Å². The average Bonchev–Trinajstić information content (AvgIpc) is 3.87. The Kier molecular flexibility index (Phi) is 8.25. The van der Waals surface area contributed by atoms with Gasteiger partial charge in [-0.15, -0.1) is 0 Å². The number of aliphatic imine (C=N–C) groups is 1. The molecule has 0 radical (unpaired) electrons. The smallest absolute Gasteiger partial charge is 0.162 e. The molecule has 58 heavy (non-hydrogen) atoms. The van der Waals surface area contributed by atoms with Crippen molar-refractivity contribution in [2.45, 2.75) is 32.2 Å². The zero-order valence-electron chi connectivity index (χ0n) is 32.0. The summed E-state index contributed by atoms with van der Waals surface area (Å²) in [6, 6.07) is 49.4. The molecule has 11 rings (SSSR count). The molecule has 3 aromatic heterocycles. The Morgan fingerprint density at radius 3 is 2.22 bits per heavy atom. The van der Waals surface area contributed by atoms with Gasteiger partial charge in [0.15, 0.2) is 5.58 Å². The first-order chi connectivity index (χ1) is 28.7. The van der Waals surface area contributed by atoms with E-state index in [0.29, 0.717) is 6.54 Å². The van der Waals surface area contributed by atoms with Crippen LogP contribution in [0.25, 0.3) is 78.6 Å². The quantitative estimate of drug-likeness (QED) is 0.145. The number of hydrogen-bond donors (Lipinski definition) is 0. The van der Waals surface area contributed by atoms with Crippen molar-refractivity contribution in [3.8, 4) is 33.5 Å². The third-order valence-corrected chi connectivity index (χ3v) is 11.7. The van der Waals surface area contributed by atoms with Gasteiger partial charge in [0.05, 0.1) is 11.4 Å². The largest absolute Gasteiger partial charge is 0.456 e. The highest BCUT2D eigenvalue weighted by Crippen LogP contribution is 2.43. The van der Waals surface area contributed by atoms with Gasteiger partial charge in [-0.2, -0.15) is 0 Å². The molecule has 0 saturated heterocycles. The Hall–Kier alpha value is -7.24. The highest BCUT2D eigenvalue weighted by Gasteiger charge is 2.23. The Bertz CT molecular complexity index is 3110. The first-order valence-corrected chi connectivity index (χ1v) is 20.0. The molecule has 0 N–H and O–H groups in total. The maximum atomic E-state index is 6.72. The standard InChI is InChI=1S/C53H39N3O2/c1-54-46-19-9-10-20-47(46)56(33-34-13-3-2-4-14-34)40-26-23-35(24-27-40)37-29-38(36-25-28-50-44(32-36)41-15-6-11-21-48(41)57-50)31-39(30-37)52-53-51(42-16-5-8-18-45(42)55-52)43-17-7-12-22-49(43)58-53/h2-5,7,9-14,16-17,19-32H,1,6,8,15,18,33H2. The molecule has 0 spiro atoms. The van der Waals surface area contributed by atoms with Gasteiger partial charge in [-0.1, -0.05) is 97.1 Å². The fraction of sp³-hybridized carbons (Fsp3) is 0.0943. The second kappa shape index (κ2) is 14.1. The van der Waals surface area contributed by atoms with Gasteiger partial charge in [-0.3, -0.25) is 4.99 Å². The van der Waals surface area contributed by atoms with Crippen molar-refractivity contribution in [2.75, 3.05) is 4.90 Å². The van der Waals surface area contributed by atoms with Gasteiger partial charge in [0, 0.05) is 50.8 Å². The summed E-state index contributed by atoms with van der Waals surface area (Å²) in [6.45, 7) is 4.57. The maximum Gasteiger partial charge on any atom is 0.162 e. The van der Waals surface area contributed by atoms with Crippen molar-refractivity contribution in [2.24, 2.45) is 4.99 Å². The first kappa shape index (κ1) is 34.0. The normalized spacial score (nSPS) is 13.2. The minimum absolute atomic E-state index is 0.690. The number of hydrogen-bond acceptors (Lipinski definition) is 5. The van der Waals surface area contributed by atoms with Crippen molar-refractivity contribution >= 4 is 68.8 Å². The molecular weight excluding hydrogens is 711 g/mol. The van der Waals surface area contributed by atoms with Crippen LogP contribution in [0.3, 0.4) is 0 Å². The third kappa shape index (κ3) is 5.86. The number of aromatic nitrogens is 1. The molecule has 0 unspecified atom stereocenters. The summed E-state index contributed by atoms with van der Waals surface area (Å²) in [5.74, 6) is 0.973. The van der Waals surface area contributed by atoms with Crippen LogP contribution in [0.15, 0.2) is 166 Å². The van der Waals surface area contributed by atoms with E-state index in [1.807, 2.05) is 18.2 Å². The summed E-state index contributed by atoms with van der Waals surface area (Å²) in [7, 11) is 0. The maximum absolute atomic E-state index is 6.72. The Morgan fingerprint density at radius 1 is 0.621 bits per heavy atom. The number of para-hydroxylation sites is 3. The zero-order chi connectivity index (χ0) is 38.6. The topological polar surface area (TPSA) is 54.8 Å². The molecule has 3 heterocycles. The van der Waals surface area contributed by atoms with Gasteiger partial charge < -0.3 is 13.7 Å². The van der Waals surface area contributed by atoms with E-state index in [2.05, 4.69) is 162 Å². The lowest BCUT2D eigenvalue weighted by Gasteiger charge is -2.27. The SMILES string of the molecule is C=Nc1ccccc1N(Cc1ccccc1)c1ccc(-c2cc(-c3ccc4oc5c(c4c3)CCC=C5)cc(-c3nc4c(c5c3oc3ccccc35)C=CCC4)c2)cc1. The van der Waals surface area contributed by atoms with Gasteiger partial charge in [-0.25, -0.2) is 4.98 Å². The number of allylic oxidation sites excluding steroid dienone is 2. The van der Waals surface area contributed by atoms with Crippen LogP contribution in [-0.4, -0.2) is 11.7 Å². The molecule has 278 valence electrons. The van der Waals surface area contributed by atoms with E-state index in [-0.39, 0.29) is 0 Å². The monoisotopic (exact) mass is 749 g/mol. The molecule has 5 nitrogen and oxygen atoms in total. The number of benzene rings is 6. The molecule has 0 amide bonds. The van der Waals surface area contributed by atoms with Gasteiger partial charge in [0.2, 0.25) is 0 Å². The predicted molar refractivity (Wildman–Crippen MR) is 240 cm³/mol.